The summed E-state index contributed by atoms with van der Waals surface area (Å²) in [7, 11) is 0. The summed E-state index contributed by atoms with van der Waals surface area (Å²) >= 11 is 12.1. The molecule has 3 amide bonds. The molecule has 61 heavy (non-hydrogen) atoms. The van der Waals surface area contributed by atoms with Gasteiger partial charge in [0.25, 0.3) is 11.8 Å². The van der Waals surface area contributed by atoms with E-state index in [9.17, 15) is 24.3 Å². The van der Waals surface area contributed by atoms with Gasteiger partial charge in [-0.3, -0.25) is 19.4 Å². The average molecular weight is 853 g/mol. The second kappa shape index (κ2) is 17.6. The van der Waals surface area contributed by atoms with Gasteiger partial charge in [0.1, 0.15) is 35.9 Å². The molecule has 3 atom stereocenters. The highest BCUT2D eigenvalue weighted by Crippen LogP contribution is 2.40. The molecule has 3 heterocycles. The monoisotopic (exact) mass is 851 g/mol. The lowest BCUT2D eigenvalue weighted by atomic mass is 9.91. The molecule has 2 unspecified atom stereocenters. The van der Waals surface area contributed by atoms with E-state index in [1.54, 1.807) is 91.0 Å². The molecule has 0 spiro atoms. The molecule has 3 N–H and O–H groups in total. The molecular weight excluding hydrogens is 817 g/mol. The first-order valence-corrected chi connectivity index (χ1v) is 19.9. The maximum atomic E-state index is 14.1. The van der Waals surface area contributed by atoms with Crippen molar-refractivity contribution in [3.05, 3.63) is 177 Å². The third-order valence-corrected chi connectivity index (χ3v) is 11.3. The Morgan fingerprint density at radius 3 is 2.30 bits per heavy atom. The van der Waals surface area contributed by atoms with Crippen molar-refractivity contribution in [2.45, 2.75) is 44.2 Å². The van der Waals surface area contributed by atoms with Crippen LogP contribution in [-0.2, 0) is 40.4 Å². The quantitative estimate of drug-likeness (QED) is 0.117. The van der Waals surface area contributed by atoms with Crippen molar-refractivity contribution in [3.63, 3.8) is 0 Å². The Hall–Kier alpha value is -7.20. The number of benzene rings is 5. The van der Waals surface area contributed by atoms with Crippen LogP contribution in [-0.4, -0.2) is 50.8 Å². The standard InChI is InChI=1S/C47H35Cl2N5O7/c48-36-17-8-29(19-37(36)49)26-60-35-15-13-32(14-16-35)43-45(56)52-39-21-33-22-41(54(25-34(33)23-42(39)61-43)46(57)38-3-1-2-18-51-38)44(55)53-40(47(58)59)20-27-4-9-30(10-5-27)31-11-6-28(24-50)7-12-31/h1-19,21,23,40-41,43H,20,22,25-26H2,(H,52,56)(H,53,55)(H,58,59)/t40-,41?,43?/m0/s1. The smallest absolute Gasteiger partial charge is 0.326 e. The van der Waals surface area contributed by atoms with Crippen molar-refractivity contribution in [3.8, 4) is 28.7 Å². The minimum atomic E-state index is -1.31. The number of halogens is 2. The number of hydrogen-bond donors (Lipinski definition) is 3. The van der Waals surface area contributed by atoms with Gasteiger partial charge >= 0.3 is 5.97 Å². The molecule has 5 aromatic carbocycles. The molecule has 0 fully saturated rings. The minimum Gasteiger partial charge on any atom is -0.489 e. The fraction of sp³-hybridized carbons (Fsp3) is 0.149. The van der Waals surface area contributed by atoms with Gasteiger partial charge in [0.05, 0.1) is 27.4 Å². The van der Waals surface area contributed by atoms with Crippen LogP contribution in [0.2, 0.25) is 10.0 Å². The number of carboxylic acid groups (broad SMARTS) is 1. The molecular formula is C47H35Cl2N5O7. The van der Waals surface area contributed by atoms with Crippen molar-refractivity contribution in [1.29, 1.82) is 5.26 Å². The molecule has 2 aliphatic heterocycles. The topological polar surface area (TPSA) is 171 Å². The van der Waals surface area contributed by atoms with Crippen LogP contribution >= 0.6 is 23.2 Å². The number of ether oxygens (including phenoxy) is 2. The number of nitrogens with zero attached hydrogens (tertiary/aromatic N) is 3. The van der Waals surface area contributed by atoms with Gasteiger partial charge in [-0.25, -0.2) is 4.79 Å². The summed E-state index contributed by atoms with van der Waals surface area (Å²) < 4.78 is 12.2. The van der Waals surface area contributed by atoms with E-state index < -0.39 is 41.9 Å². The largest absolute Gasteiger partial charge is 0.489 e. The number of nitriles is 1. The summed E-state index contributed by atoms with van der Waals surface area (Å²) in [5.41, 5.74) is 6.29. The number of carboxylic acids is 1. The van der Waals surface area contributed by atoms with Crippen LogP contribution in [0, 0.1) is 11.3 Å². The van der Waals surface area contributed by atoms with E-state index in [1.165, 1.54) is 11.1 Å². The van der Waals surface area contributed by atoms with Gasteiger partial charge < -0.3 is 30.1 Å². The number of hydrogen-bond acceptors (Lipinski definition) is 8. The maximum absolute atomic E-state index is 14.1. The predicted octanol–water partition coefficient (Wildman–Crippen LogP) is 7.96. The fourth-order valence-electron chi connectivity index (χ4n) is 7.30. The molecule has 14 heteroatoms. The normalized spacial score (nSPS) is 15.8. The van der Waals surface area contributed by atoms with E-state index in [0.29, 0.717) is 55.0 Å². The predicted molar refractivity (Wildman–Crippen MR) is 227 cm³/mol. The van der Waals surface area contributed by atoms with E-state index in [-0.39, 0.29) is 31.7 Å². The molecule has 0 bridgehead atoms. The summed E-state index contributed by atoms with van der Waals surface area (Å²) in [4.78, 5) is 59.7. The Labute approximate surface area is 360 Å². The summed E-state index contributed by atoms with van der Waals surface area (Å²) in [6.07, 6.45) is 0.512. The molecule has 6 aromatic rings. The van der Waals surface area contributed by atoms with Gasteiger partial charge in [-0.15, -0.1) is 0 Å². The van der Waals surface area contributed by atoms with Crippen molar-refractivity contribution < 1.29 is 33.8 Å². The summed E-state index contributed by atoms with van der Waals surface area (Å²) in [5.74, 6) is -1.85. The van der Waals surface area contributed by atoms with Crippen molar-refractivity contribution in [1.82, 2.24) is 15.2 Å². The van der Waals surface area contributed by atoms with E-state index in [0.717, 1.165) is 16.7 Å². The second-order valence-electron chi connectivity index (χ2n) is 14.6. The number of anilines is 1. The number of carbonyl (C=O) groups is 4. The molecule has 0 aliphatic carbocycles. The van der Waals surface area contributed by atoms with Gasteiger partial charge in [-0.1, -0.05) is 83.9 Å². The molecule has 2 aliphatic rings. The van der Waals surface area contributed by atoms with Gasteiger partial charge in [0, 0.05) is 31.1 Å². The molecule has 304 valence electrons. The van der Waals surface area contributed by atoms with Gasteiger partial charge in [0.2, 0.25) is 12.0 Å². The molecule has 0 saturated carbocycles. The van der Waals surface area contributed by atoms with Crippen molar-refractivity contribution in [2.24, 2.45) is 0 Å². The number of rotatable bonds is 11. The van der Waals surface area contributed by atoms with E-state index >= 15 is 0 Å². The number of amides is 3. The highest BCUT2D eigenvalue weighted by Gasteiger charge is 2.39. The number of pyridine rings is 1. The Kier molecular flexibility index (Phi) is 11.7. The van der Waals surface area contributed by atoms with Gasteiger partial charge in [0.15, 0.2) is 0 Å². The molecule has 0 saturated heterocycles. The molecule has 8 rings (SSSR count). The Morgan fingerprint density at radius 2 is 1.62 bits per heavy atom. The van der Waals surface area contributed by atoms with Gasteiger partial charge in [-0.2, -0.15) is 5.26 Å². The molecule has 12 nitrogen and oxygen atoms in total. The van der Waals surface area contributed by atoms with Crippen LogP contribution in [0.3, 0.4) is 0 Å². The third kappa shape index (κ3) is 9.04. The zero-order valence-electron chi connectivity index (χ0n) is 32.2. The Bertz CT molecular complexity index is 2690. The highest BCUT2D eigenvalue weighted by atomic mass is 35.5. The minimum absolute atomic E-state index is 0.0151. The summed E-state index contributed by atoms with van der Waals surface area (Å²) in [6, 6.07) is 34.7. The Balaban J connectivity index is 0.991. The lowest BCUT2D eigenvalue weighted by Crippen LogP contribution is -2.56. The number of nitrogens with one attached hydrogen (secondary N) is 2. The van der Waals surface area contributed by atoms with Crippen LogP contribution in [0.15, 0.2) is 128 Å². The first kappa shape index (κ1) is 40.6. The number of aliphatic carboxylic acids is 1. The Morgan fingerprint density at radius 1 is 0.902 bits per heavy atom. The number of fused-ring (bicyclic) bond motifs is 2. The van der Waals surface area contributed by atoms with Crippen LogP contribution in [0.5, 0.6) is 11.5 Å². The van der Waals surface area contributed by atoms with Crippen LogP contribution in [0.1, 0.15) is 50.0 Å². The van der Waals surface area contributed by atoms with Crippen LogP contribution in [0.4, 0.5) is 5.69 Å². The summed E-state index contributed by atoms with van der Waals surface area (Å²) in [5, 5.41) is 25.8. The zero-order chi connectivity index (χ0) is 42.6. The number of aromatic nitrogens is 1. The SMILES string of the molecule is N#Cc1ccc(-c2ccc(C[C@H](NC(=O)C3Cc4cc5c(cc4CN3C(=O)c3ccccn3)OC(c3ccc(OCc4ccc(Cl)c(Cl)c4)cc3)C(=O)N5)C(=O)O)cc2)cc1. The fourth-order valence-corrected chi connectivity index (χ4v) is 7.62. The van der Waals surface area contributed by atoms with Crippen molar-refractivity contribution in [2.75, 3.05) is 5.32 Å². The number of carbonyl (C=O) groups excluding carboxylic acids is 3. The van der Waals surface area contributed by atoms with E-state index in [4.69, 9.17) is 37.9 Å². The highest BCUT2D eigenvalue weighted by molar-refractivity contribution is 6.42. The third-order valence-electron chi connectivity index (χ3n) is 10.5. The van der Waals surface area contributed by atoms with Crippen LogP contribution in [0.25, 0.3) is 11.1 Å². The van der Waals surface area contributed by atoms with E-state index in [2.05, 4.69) is 21.7 Å². The molecule has 0 radical (unpaired) electrons. The average Bonchev–Trinajstić information content (AvgIpc) is 3.28. The first-order chi connectivity index (χ1) is 29.5. The lowest BCUT2D eigenvalue weighted by Gasteiger charge is -2.37. The van der Waals surface area contributed by atoms with E-state index in [1.807, 2.05) is 30.3 Å². The van der Waals surface area contributed by atoms with Crippen molar-refractivity contribution >= 4 is 52.6 Å². The zero-order valence-corrected chi connectivity index (χ0v) is 33.7. The van der Waals surface area contributed by atoms with Crippen LogP contribution < -0.4 is 20.1 Å². The first-order valence-electron chi connectivity index (χ1n) is 19.2. The second-order valence-corrected chi connectivity index (χ2v) is 15.4. The van der Waals surface area contributed by atoms with Gasteiger partial charge in [-0.05, 0) is 94.0 Å². The summed E-state index contributed by atoms with van der Waals surface area (Å²) in [6.45, 7) is 0.242. The lowest BCUT2D eigenvalue weighted by molar-refractivity contribution is -0.142. The maximum Gasteiger partial charge on any atom is 0.326 e. The molecule has 1 aromatic heterocycles.